The molecule has 0 saturated heterocycles. The second-order valence-corrected chi connectivity index (χ2v) is 7.53. The molecule has 8 nitrogen and oxygen atoms in total. The zero-order valence-corrected chi connectivity index (χ0v) is 15.4. The number of thiophene rings is 1. The van der Waals surface area contributed by atoms with E-state index < -0.39 is 0 Å². The molecule has 1 aliphatic carbocycles. The van der Waals surface area contributed by atoms with Gasteiger partial charge >= 0.3 is 0 Å². The number of anilines is 2. The molecule has 3 N–H and O–H groups in total. The van der Waals surface area contributed by atoms with Crippen LogP contribution in [0.5, 0.6) is 0 Å². The van der Waals surface area contributed by atoms with Crippen LogP contribution in [0.1, 0.15) is 23.8 Å². The molecule has 4 heterocycles. The summed E-state index contributed by atoms with van der Waals surface area (Å²) in [5.74, 6) is 1.63. The quantitative estimate of drug-likeness (QED) is 0.531. The predicted molar refractivity (Wildman–Crippen MR) is 106 cm³/mol. The third kappa shape index (κ3) is 3.21. The Labute approximate surface area is 159 Å². The number of nitrogen functional groups attached to an aromatic ring is 1. The molecule has 0 aliphatic heterocycles. The van der Waals surface area contributed by atoms with E-state index in [9.17, 15) is 0 Å². The topological polar surface area (TPSA) is 107 Å². The number of aromatic nitrogens is 6. The second-order valence-electron chi connectivity index (χ2n) is 6.50. The summed E-state index contributed by atoms with van der Waals surface area (Å²) in [6, 6.07) is 6.43. The number of nitrogens with zero attached hydrogens (tertiary/aromatic N) is 6. The highest BCUT2D eigenvalue weighted by Crippen LogP contribution is 2.40. The van der Waals surface area contributed by atoms with Gasteiger partial charge in [0.1, 0.15) is 11.2 Å². The van der Waals surface area contributed by atoms with E-state index in [1.807, 2.05) is 6.07 Å². The molecule has 0 spiro atoms. The monoisotopic (exact) mass is 378 g/mol. The number of imidazole rings is 1. The van der Waals surface area contributed by atoms with Gasteiger partial charge in [-0.3, -0.25) is 0 Å². The Morgan fingerprint density at radius 3 is 2.89 bits per heavy atom. The number of hydrogen-bond donors (Lipinski definition) is 2. The number of rotatable bonds is 6. The van der Waals surface area contributed by atoms with Crippen molar-refractivity contribution in [2.75, 3.05) is 17.6 Å². The average Bonchev–Trinajstić information content (AvgIpc) is 3.24. The molecular weight excluding hydrogens is 360 g/mol. The minimum atomic E-state index is 0.240. The summed E-state index contributed by atoms with van der Waals surface area (Å²) >= 11 is 1.76. The van der Waals surface area contributed by atoms with Gasteiger partial charge in [-0.05, 0) is 36.8 Å². The molecule has 0 atom stereocenters. The summed E-state index contributed by atoms with van der Waals surface area (Å²) in [6.45, 7) is 0.791. The van der Waals surface area contributed by atoms with Crippen LogP contribution in [0.4, 0.5) is 11.9 Å². The summed E-state index contributed by atoms with van der Waals surface area (Å²) in [5.41, 5.74) is 8.06. The van der Waals surface area contributed by atoms with Crippen LogP contribution < -0.4 is 11.1 Å². The summed E-state index contributed by atoms with van der Waals surface area (Å²) < 4.78 is 2.16. The first-order chi connectivity index (χ1) is 13.3. The fourth-order valence-corrected chi connectivity index (χ4v) is 3.79. The van der Waals surface area contributed by atoms with Crippen molar-refractivity contribution in [2.24, 2.45) is 0 Å². The molecule has 0 radical (unpaired) electrons. The molecule has 9 heteroatoms. The van der Waals surface area contributed by atoms with Crippen LogP contribution in [0, 0.1) is 0 Å². The Morgan fingerprint density at radius 2 is 2.11 bits per heavy atom. The minimum Gasteiger partial charge on any atom is -0.368 e. The first-order valence-electron chi connectivity index (χ1n) is 8.88. The molecule has 4 aromatic heterocycles. The number of nitrogens with two attached hydrogens (primary N) is 1. The molecule has 1 fully saturated rings. The predicted octanol–water partition coefficient (Wildman–Crippen LogP) is 2.92. The minimum absolute atomic E-state index is 0.240. The Kier molecular flexibility index (Phi) is 3.93. The lowest BCUT2D eigenvalue weighted by Gasteiger charge is -2.08. The van der Waals surface area contributed by atoms with Crippen molar-refractivity contribution in [3.8, 4) is 11.5 Å². The molecule has 136 valence electrons. The van der Waals surface area contributed by atoms with Crippen LogP contribution in [0.15, 0.2) is 36.0 Å². The second kappa shape index (κ2) is 6.58. The van der Waals surface area contributed by atoms with Crippen molar-refractivity contribution in [1.82, 2.24) is 29.5 Å². The molecule has 0 amide bonds. The van der Waals surface area contributed by atoms with E-state index in [0.717, 1.165) is 42.8 Å². The molecule has 1 saturated carbocycles. The highest BCUT2D eigenvalue weighted by Gasteiger charge is 2.30. The lowest BCUT2D eigenvalue weighted by molar-refractivity contribution is 0.763. The fraction of sp³-hybridized carbons (Fsp3) is 0.278. The normalized spacial score (nSPS) is 13.9. The number of fused-ring (bicyclic) bond motifs is 1. The molecule has 5 rings (SSSR count). The van der Waals surface area contributed by atoms with Crippen LogP contribution >= 0.6 is 11.3 Å². The Balaban J connectivity index is 1.47. The largest absolute Gasteiger partial charge is 0.368 e. The van der Waals surface area contributed by atoms with Crippen LogP contribution in [0.3, 0.4) is 0 Å². The van der Waals surface area contributed by atoms with Gasteiger partial charge < -0.3 is 15.6 Å². The highest BCUT2D eigenvalue weighted by atomic mass is 32.1. The fourth-order valence-electron chi connectivity index (χ4n) is 3.09. The Bertz CT molecular complexity index is 1080. The van der Waals surface area contributed by atoms with E-state index in [4.69, 9.17) is 15.7 Å². The molecule has 0 bridgehead atoms. The van der Waals surface area contributed by atoms with E-state index in [-0.39, 0.29) is 5.95 Å². The maximum absolute atomic E-state index is 5.75. The van der Waals surface area contributed by atoms with E-state index in [2.05, 4.69) is 42.3 Å². The first-order valence-corrected chi connectivity index (χ1v) is 9.76. The highest BCUT2D eigenvalue weighted by molar-refractivity contribution is 7.09. The van der Waals surface area contributed by atoms with Gasteiger partial charge in [-0.1, -0.05) is 6.07 Å². The molecule has 4 aromatic rings. The Morgan fingerprint density at radius 1 is 1.19 bits per heavy atom. The van der Waals surface area contributed by atoms with Crippen molar-refractivity contribution in [1.29, 1.82) is 0 Å². The maximum Gasteiger partial charge on any atom is 0.224 e. The maximum atomic E-state index is 5.75. The SMILES string of the molecule is Nc1nccc(-c2nc3cnc(NCCc4cccs4)nc3n2C2CC2)n1. The van der Waals surface area contributed by atoms with E-state index in [0.29, 0.717) is 17.7 Å². The van der Waals surface area contributed by atoms with E-state index in [1.54, 1.807) is 23.7 Å². The molecule has 1 aliphatic rings. The lowest BCUT2D eigenvalue weighted by atomic mass is 10.3. The van der Waals surface area contributed by atoms with Gasteiger partial charge in [-0.15, -0.1) is 11.3 Å². The van der Waals surface area contributed by atoms with Gasteiger partial charge in [0.05, 0.1) is 6.20 Å². The molecule has 27 heavy (non-hydrogen) atoms. The molecule has 0 aromatic carbocycles. The summed E-state index contributed by atoms with van der Waals surface area (Å²) in [5, 5.41) is 5.41. The molecular formula is C18H18N8S. The Hall–Kier alpha value is -3.07. The summed E-state index contributed by atoms with van der Waals surface area (Å²) in [7, 11) is 0. The third-order valence-electron chi connectivity index (χ3n) is 4.48. The number of nitrogens with one attached hydrogen (secondary N) is 1. The first kappa shape index (κ1) is 16.1. The zero-order chi connectivity index (χ0) is 18.2. The van der Waals surface area contributed by atoms with E-state index >= 15 is 0 Å². The standard InChI is InChI=1S/C18H18N8S/c19-17-20-8-6-13(24-17)15-23-14-10-22-18(21-7-5-12-2-1-9-27-12)25-16(14)26(15)11-3-4-11/h1-2,6,8-11H,3-5,7H2,(H2,19,20,24)(H,21,22,25). The van der Waals surface area contributed by atoms with Crippen LogP contribution in [0.2, 0.25) is 0 Å². The summed E-state index contributed by atoms with van der Waals surface area (Å²) in [6.07, 6.45) is 6.60. The van der Waals surface area contributed by atoms with E-state index in [1.165, 1.54) is 4.88 Å². The van der Waals surface area contributed by atoms with Crippen molar-refractivity contribution in [3.05, 3.63) is 40.8 Å². The van der Waals surface area contributed by atoms with Gasteiger partial charge in [-0.2, -0.15) is 4.98 Å². The third-order valence-corrected chi connectivity index (χ3v) is 5.42. The van der Waals surface area contributed by atoms with Crippen LogP contribution in [0.25, 0.3) is 22.7 Å². The summed E-state index contributed by atoms with van der Waals surface area (Å²) in [4.78, 5) is 23.5. The zero-order valence-electron chi connectivity index (χ0n) is 14.5. The lowest BCUT2D eigenvalue weighted by Crippen LogP contribution is -2.08. The van der Waals surface area contributed by atoms with Crippen molar-refractivity contribution < 1.29 is 0 Å². The molecule has 0 unspecified atom stereocenters. The van der Waals surface area contributed by atoms with Gasteiger partial charge in [0.2, 0.25) is 11.9 Å². The van der Waals surface area contributed by atoms with Gasteiger partial charge in [-0.25, -0.2) is 19.9 Å². The van der Waals surface area contributed by atoms with Gasteiger partial charge in [0, 0.05) is 23.7 Å². The number of hydrogen-bond acceptors (Lipinski definition) is 8. The van der Waals surface area contributed by atoms with Gasteiger partial charge in [0.15, 0.2) is 11.5 Å². The smallest absolute Gasteiger partial charge is 0.224 e. The van der Waals surface area contributed by atoms with Crippen LogP contribution in [-0.2, 0) is 6.42 Å². The van der Waals surface area contributed by atoms with Crippen molar-refractivity contribution in [2.45, 2.75) is 25.3 Å². The van der Waals surface area contributed by atoms with Gasteiger partial charge in [0.25, 0.3) is 0 Å². The van der Waals surface area contributed by atoms with Crippen molar-refractivity contribution >= 4 is 34.4 Å². The van der Waals surface area contributed by atoms with Crippen LogP contribution in [-0.4, -0.2) is 36.0 Å². The average molecular weight is 378 g/mol. The van der Waals surface area contributed by atoms with Crippen molar-refractivity contribution in [3.63, 3.8) is 0 Å².